The first kappa shape index (κ1) is 37.0. The Kier molecular flexibility index (Phi) is 8.15. The Bertz CT molecular complexity index is 4230. The molecule has 0 radical (unpaired) electrons. The third kappa shape index (κ3) is 5.69. The third-order valence-electron chi connectivity index (χ3n) is 13.6. The zero-order chi connectivity index (χ0) is 43.3. The van der Waals surface area contributed by atoms with Gasteiger partial charge in [0.1, 0.15) is 0 Å². The molecule has 3 nitrogen and oxygen atoms in total. The van der Waals surface area contributed by atoms with E-state index in [4.69, 9.17) is 0 Å². The summed E-state index contributed by atoms with van der Waals surface area (Å²) in [6.07, 6.45) is 0. The smallest absolute Gasteiger partial charge is 0.0561 e. The van der Waals surface area contributed by atoms with E-state index in [1.165, 1.54) is 90.9 Å². The number of hydrogen-bond acceptors (Lipinski definition) is 2. The van der Waals surface area contributed by atoms with Crippen LogP contribution in [0, 0.1) is 0 Å². The molecule has 3 heterocycles. The minimum atomic E-state index is 1.09. The van der Waals surface area contributed by atoms with Crippen molar-refractivity contribution in [3.63, 3.8) is 0 Å². The Labute approximate surface area is 384 Å². The molecule has 0 aliphatic rings. The van der Waals surface area contributed by atoms with Crippen LogP contribution in [0.2, 0.25) is 0 Å². The lowest BCUT2D eigenvalue weighted by Gasteiger charge is -2.27. The number of hydrogen-bond donors (Lipinski definition) is 0. The predicted octanol–water partition coefficient (Wildman–Crippen LogP) is 17.7. The lowest BCUT2D eigenvalue weighted by atomic mass is 10.00. The Balaban J connectivity index is 0.976. The van der Waals surface area contributed by atoms with Crippen LogP contribution in [-0.4, -0.2) is 9.13 Å². The van der Waals surface area contributed by atoms with Crippen molar-refractivity contribution in [1.29, 1.82) is 0 Å². The van der Waals surface area contributed by atoms with Gasteiger partial charge in [0.05, 0.1) is 22.1 Å². The molecule has 0 bridgehead atoms. The summed E-state index contributed by atoms with van der Waals surface area (Å²) >= 11 is 1.90. The monoisotopic (exact) mass is 857 g/mol. The summed E-state index contributed by atoms with van der Waals surface area (Å²) in [7, 11) is 0. The molecule has 0 aliphatic carbocycles. The van der Waals surface area contributed by atoms with Gasteiger partial charge in [-0.3, -0.25) is 0 Å². The quantitative estimate of drug-likeness (QED) is 0.162. The maximum atomic E-state index is 2.46. The highest BCUT2D eigenvalue weighted by atomic mass is 32.1. The van der Waals surface area contributed by atoms with Crippen LogP contribution < -0.4 is 4.90 Å². The fourth-order valence-electron chi connectivity index (χ4n) is 10.6. The first-order chi connectivity index (χ1) is 32.7. The number of benzene rings is 11. The molecule has 0 aliphatic heterocycles. The highest BCUT2D eigenvalue weighted by Crippen LogP contribution is 2.45. The number of thiophene rings is 1. The number of rotatable bonds is 6. The summed E-state index contributed by atoms with van der Waals surface area (Å²) in [5.74, 6) is 0. The molecule has 3 aromatic heterocycles. The van der Waals surface area contributed by atoms with Crippen LogP contribution in [0.3, 0.4) is 0 Å². The van der Waals surface area contributed by atoms with Gasteiger partial charge in [-0.1, -0.05) is 140 Å². The van der Waals surface area contributed by atoms with E-state index in [1.807, 2.05) is 11.3 Å². The molecule has 0 spiro atoms. The highest BCUT2D eigenvalue weighted by Gasteiger charge is 2.20. The average Bonchev–Trinajstić information content (AvgIpc) is 4.03. The SMILES string of the molecule is c1ccc(-n2c3ccccc3c3ccc(N(c4cccc(-c5ccc6c(c5)c5cc7c(ccc8c9ccccc9sc78)cc5n6-c5ccccc5)c4)c4ccc5ccccc5c4)cc32)cc1. The highest BCUT2D eigenvalue weighted by molar-refractivity contribution is 7.26. The van der Waals surface area contributed by atoms with Gasteiger partial charge in [0, 0.05) is 75.5 Å². The van der Waals surface area contributed by atoms with Gasteiger partial charge in [-0.05, 0) is 124 Å². The molecular formula is C62H39N3S. The minimum Gasteiger partial charge on any atom is -0.310 e. The van der Waals surface area contributed by atoms with Crippen molar-refractivity contribution in [3.8, 4) is 22.5 Å². The van der Waals surface area contributed by atoms with E-state index in [-0.39, 0.29) is 0 Å². The van der Waals surface area contributed by atoms with Crippen molar-refractivity contribution >= 4 is 114 Å². The van der Waals surface area contributed by atoms with Crippen LogP contribution in [0.1, 0.15) is 0 Å². The van der Waals surface area contributed by atoms with E-state index >= 15 is 0 Å². The number of aromatic nitrogens is 2. The molecule has 66 heavy (non-hydrogen) atoms. The van der Waals surface area contributed by atoms with Gasteiger partial charge in [-0.25, -0.2) is 0 Å². The van der Waals surface area contributed by atoms with Crippen LogP contribution in [0.15, 0.2) is 237 Å². The minimum absolute atomic E-state index is 1.09. The van der Waals surface area contributed by atoms with Gasteiger partial charge < -0.3 is 14.0 Å². The maximum Gasteiger partial charge on any atom is 0.0561 e. The van der Waals surface area contributed by atoms with Crippen LogP contribution >= 0.6 is 11.3 Å². The molecule has 4 heteroatoms. The standard InChI is InChI=1S/C62H39N3S/c1-3-17-45(18-4-1)64-57-24-11-9-22-50(57)51-32-30-49(38-60(51)64)63(48-29-26-40-14-7-8-15-41(40)34-48)47-21-13-16-42(35-47)43-28-33-58-55(36-43)56-39-54-44(37-59(56)65(58)46-19-5-2-6-20-46)27-31-53-52-23-10-12-25-61(52)66-62(53)54/h1-39H. The lowest BCUT2D eigenvalue weighted by Crippen LogP contribution is -2.10. The molecule has 0 atom stereocenters. The van der Waals surface area contributed by atoms with Crippen LogP contribution in [0.25, 0.3) is 108 Å². The normalized spacial score (nSPS) is 11.9. The summed E-state index contributed by atoms with van der Waals surface area (Å²) in [5.41, 5.74) is 12.7. The zero-order valence-electron chi connectivity index (χ0n) is 35.8. The molecular weight excluding hydrogens is 819 g/mol. The fourth-order valence-corrected chi connectivity index (χ4v) is 11.8. The van der Waals surface area contributed by atoms with Crippen LogP contribution in [0.5, 0.6) is 0 Å². The van der Waals surface area contributed by atoms with Crippen molar-refractivity contribution in [2.45, 2.75) is 0 Å². The topological polar surface area (TPSA) is 13.1 Å². The molecule has 0 N–H and O–H groups in total. The second-order valence-corrected chi connectivity index (χ2v) is 18.4. The first-order valence-corrected chi connectivity index (χ1v) is 23.4. The molecule has 14 rings (SSSR count). The average molecular weight is 858 g/mol. The summed E-state index contributed by atoms with van der Waals surface area (Å²) in [6, 6.07) is 87.1. The molecule has 308 valence electrons. The largest absolute Gasteiger partial charge is 0.310 e. The van der Waals surface area contributed by atoms with Gasteiger partial charge in [-0.2, -0.15) is 0 Å². The van der Waals surface area contributed by atoms with E-state index in [9.17, 15) is 0 Å². The van der Waals surface area contributed by atoms with Gasteiger partial charge in [-0.15, -0.1) is 11.3 Å². The summed E-state index contributed by atoms with van der Waals surface area (Å²) in [6.45, 7) is 0. The summed E-state index contributed by atoms with van der Waals surface area (Å²) in [5, 5.41) is 12.6. The van der Waals surface area contributed by atoms with Crippen molar-refractivity contribution in [2.75, 3.05) is 4.90 Å². The number of para-hydroxylation sites is 3. The zero-order valence-corrected chi connectivity index (χ0v) is 36.6. The molecule has 14 aromatic rings. The number of anilines is 3. The predicted molar refractivity (Wildman–Crippen MR) is 283 cm³/mol. The van der Waals surface area contributed by atoms with E-state index in [0.29, 0.717) is 0 Å². The van der Waals surface area contributed by atoms with E-state index in [0.717, 1.165) is 34.0 Å². The fraction of sp³-hybridized carbons (Fsp3) is 0. The molecule has 11 aromatic carbocycles. The van der Waals surface area contributed by atoms with Crippen LogP contribution in [-0.2, 0) is 0 Å². The van der Waals surface area contributed by atoms with Gasteiger partial charge in [0.2, 0.25) is 0 Å². The molecule has 0 saturated heterocycles. The van der Waals surface area contributed by atoms with Crippen molar-refractivity contribution in [3.05, 3.63) is 237 Å². The number of nitrogens with zero attached hydrogens (tertiary/aromatic N) is 3. The van der Waals surface area contributed by atoms with E-state index in [2.05, 4.69) is 251 Å². The third-order valence-corrected chi connectivity index (χ3v) is 14.8. The Morgan fingerprint density at radius 2 is 0.879 bits per heavy atom. The molecule has 0 saturated carbocycles. The molecule has 0 fully saturated rings. The van der Waals surface area contributed by atoms with Crippen molar-refractivity contribution < 1.29 is 0 Å². The molecule has 0 amide bonds. The second kappa shape index (κ2) is 14.5. The summed E-state index contributed by atoms with van der Waals surface area (Å²) in [4.78, 5) is 2.42. The number of fused-ring (bicyclic) bond motifs is 12. The Hall–Kier alpha value is -8.44. The Morgan fingerprint density at radius 1 is 0.288 bits per heavy atom. The Morgan fingerprint density at radius 3 is 1.71 bits per heavy atom. The van der Waals surface area contributed by atoms with Crippen molar-refractivity contribution in [2.24, 2.45) is 0 Å². The van der Waals surface area contributed by atoms with Gasteiger partial charge in [0.25, 0.3) is 0 Å². The lowest BCUT2D eigenvalue weighted by molar-refractivity contribution is 1.18. The van der Waals surface area contributed by atoms with Gasteiger partial charge in [0.15, 0.2) is 0 Å². The van der Waals surface area contributed by atoms with E-state index in [1.54, 1.807) is 0 Å². The van der Waals surface area contributed by atoms with Crippen LogP contribution in [0.4, 0.5) is 17.1 Å². The summed E-state index contributed by atoms with van der Waals surface area (Å²) < 4.78 is 7.51. The molecule has 0 unspecified atom stereocenters. The first-order valence-electron chi connectivity index (χ1n) is 22.6. The van der Waals surface area contributed by atoms with Crippen molar-refractivity contribution in [1.82, 2.24) is 9.13 Å². The van der Waals surface area contributed by atoms with E-state index < -0.39 is 0 Å². The maximum absolute atomic E-state index is 2.46. The second-order valence-electron chi connectivity index (χ2n) is 17.3. The van der Waals surface area contributed by atoms with Gasteiger partial charge >= 0.3 is 0 Å².